The molecule has 0 fully saturated rings. The van der Waals surface area contributed by atoms with Crippen molar-refractivity contribution in [1.29, 1.82) is 0 Å². The number of carbonyl (C=O) groups is 1. The first-order chi connectivity index (χ1) is 10.1. The third kappa shape index (κ3) is 4.80. The normalized spacial score (nSPS) is 10.7. The number of anilines is 1. The highest BCUT2D eigenvalue weighted by atomic mass is 16.4. The van der Waals surface area contributed by atoms with Crippen LogP contribution in [0.1, 0.15) is 11.1 Å². The van der Waals surface area contributed by atoms with Crippen molar-refractivity contribution in [2.45, 2.75) is 6.92 Å². The second-order valence-electron chi connectivity index (χ2n) is 4.92. The topological polar surface area (TPSA) is 40.5 Å². The Bertz CT molecular complexity index is 603. The maximum Gasteiger partial charge on any atom is 0.323 e. The standard InChI is InChI=1S/C18H19NO2/c1-15-9-11-17(12-10-15)19(14-18(20)21)13-5-8-16-6-3-2-4-7-16/h2-12H,13-14H2,1H3,(H,20,21)/b8-5+. The molecule has 0 saturated carbocycles. The number of carboxylic acids is 1. The molecule has 0 spiro atoms. The van der Waals surface area contributed by atoms with Crippen LogP contribution < -0.4 is 4.90 Å². The van der Waals surface area contributed by atoms with E-state index < -0.39 is 5.97 Å². The van der Waals surface area contributed by atoms with Gasteiger partial charge in [0.05, 0.1) is 0 Å². The van der Waals surface area contributed by atoms with Gasteiger partial charge >= 0.3 is 5.97 Å². The quantitative estimate of drug-likeness (QED) is 0.879. The molecule has 0 unspecified atom stereocenters. The van der Waals surface area contributed by atoms with Gasteiger partial charge in [-0.25, -0.2) is 0 Å². The first-order valence-electron chi connectivity index (χ1n) is 6.90. The Morgan fingerprint density at radius 1 is 1.10 bits per heavy atom. The van der Waals surface area contributed by atoms with Crippen molar-refractivity contribution in [2.24, 2.45) is 0 Å². The molecule has 2 aromatic rings. The molecular formula is C18H19NO2. The minimum absolute atomic E-state index is 0.0117. The molecular weight excluding hydrogens is 262 g/mol. The van der Waals surface area contributed by atoms with Gasteiger partial charge in [0.25, 0.3) is 0 Å². The summed E-state index contributed by atoms with van der Waals surface area (Å²) in [7, 11) is 0. The number of hydrogen-bond acceptors (Lipinski definition) is 2. The van der Waals surface area contributed by atoms with Crippen LogP contribution in [0.15, 0.2) is 60.7 Å². The maximum atomic E-state index is 11.0. The van der Waals surface area contributed by atoms with Gasteiger partial charge in [-0.1, -0.05) is 60.2 Å². The van der Waals surface area contributed by atoms with Gasteiger partial charge in [0.1, 0.15) is 6.54 Å². The van der Waals surface area contributed by atoms with Gasteiger partial charge in [-0.15, -0.1) is 0 Å². The van der Waals surface area contributed by atoms with Crippen LogP contribution in [-0.4, -0.2) is 24.2 Å². The summed E-state index contributed by atoms with van der Waals surface area (Å²) in [6, 6.07) is 17.9. The zero-order chi connectivity index (χ0) is 15.1. The summed E-state index contributed by atoms with van der Waals surface area (Å²) in [6.45, 7) is 2.56. The van der Waals surface area contributed by atoms with Gasteiger partial charge < -0.3 is 10.0 Å². The fourth-order valence-corrected chi connectivity index (χ4v) is 2.06. The number of benzene rings is 2. The highest BCUT2D eigenvalue weighted by molar-refractivity contribution is 5.74. The SMILES string of the molecule is Cc1ccc(N(C/C=C/c2ccccc2)CC(=O)O)cc1. The Morgan fingerprint density at radius 3 is 2.38 bits per heavy atom. The Kier molecular flexibility index (Phi) is 5.16. The largest absolute Gasteiger partial charge is 0.480 e. The average molecular weight is 281 g/mol. The Balaban J connectivity index is 2.08. The number of aliphatic carboxylic acids is 1. The molecule has 0 bridgehead atoms. The number of carboxylic acid groups (broad SMARTS) is 1. The van der Waals surface area contributed by atoms with Crippen LogP contribution in [0, 0.1) is 6.92 Å². The molecule has 0 heterocycles. The zero-order valence-electron chi connectivity index (χ0n) is 12.1. The molecule has 0 saturated heterocycles. The second-order valence-corrected chi connectivity index (χ2v) is 4.92. The van der Waals surface area contributed by atoms with Crippen molar-refractivity contribution >= 4 is 17.7 Å². The molecule has 0 aromatic heterocycles. The van der Waals surface area contributed by atoms with E-state index in [2.05, 4.69) is 0 Å². The van der Waals surface area contributed by atoms with Crippen molar-refractivity contribution in [3.8, 4) is 0 Å². The van der Waals surface area contributed by atoms with E-state index in [1.54, 1.807) is 0 Å². The molecule has 1 N–H and O–H groups in total. The van der Waals surface area contributed by atoms with Gasteiger partial charge in [0.15, 0.2) is 0 Å². The summed E-state index contributed by atoms with van der Waals surface area (Å²) >= 11 is 0. The van der Waals surface area contributed by atoms with Crippen molar-refractivity contribution in [3.05, 3.63) is 71.8 Å². The van der Waals surface area contributed by atoms with Crippen molar-refractivity contribution in [1.82, 2.24) is 0 Å². The molecule has 0 aliphatic rings. The minimum Gasteiger partial charge on any atom is -0.480 e. The lowest BCUT2D eigenvalue weighted by Crippen LogP contribution is -2.29. The summed E-state index contributed by atoms with van der Waals surface area (Å²) < 4.78 is 0. The Hall–Kier alpha value is -2.55. The summed E-state index contributed by atoms with van der Waals surface area (Å²) in [5.41, 5.74) is 3.19. The van der Waals surface area contributed by atoms with Crippen LogP contribution in [0.4, 0.5) is 5.69 Å². The van der Waals surface area contributed by atoms with Crippen LogP contribution in [0.3, 0.4) is 0 Å². The van der Waals surface area contributed by atoms with E-state index in [9.17, 15) is 4.79 Å². The predicted molar refractivity (Wildman–Crippen MR) is 86.5 cm³/mol. The number of aryl methyl sites for hydroxylation is 1. The fraction of sp³-hybridized carbons (Fsp3) is 0.167. The molecule has 2 aromatic carbocycles. The first kappa shape index (κ1) is 14.9. The molecule has 3 heteroatoms. The summed E-state index contributed by atoms with van der Waals surface area (Å²) in [5.74, 6) is -0.830. The number of nitrogens with zero attached hydrogens (tertiary/aromatic N) is 1. The van der Waals surface area contributed by atoms with Gasteiger partial charge in [0, 0.05) is 12.2 Å². The zero-order valence-corrected chi connectivity index (χ0v) is 12.1. The lowest BCUT2D eigenvalue weighted by atomic mass is 10.2. The van der Waals surface area contributed by atoms with Crippen molar-refractivity contribution in [2.75, 3.05) is 18.0 Å². The first-order valence-corrected chi connectivity index (χ1v) is 6.90. The van der Waals surface area contributed by atoms with Gasteiger partial charge in [-0.05, 0) is 24.6 Å². The molecule has 2 rings (SSSR count). The van der Waals surface area contributed by atoms with Crippen LogP contribution in [0.5, 0.6) is 0 Å². The van der Waals surface area contributed by atoms with E-state index in [0.717, 1.165) is 16.8 Å². The minimum atomic E-state index is -0.830. The van der Waals surface area contributed by atoms with Crippen LogP contribution in [0.2, 0.25) is 0 Å². The van der Waals surface area contributed by atoms with Crippen LogP contribution in [-0.2, 0) is 4.79 Å². The van der Waals surface area contributed by atoms with E-state index >= 15 is 0 Å². The summed E-state index contributed by atoms with van der Waals surface area (Å²) in [6.07, 6.45) is 3.99. The Morgan fingerprint density at radius 2 is 1.76 bits per heavy atom. The van der Waals surface area contributed by atoms with Crippen LogP contribution >= 0.6 is 0 Å². The lowest BCUT2D eigenvalue weighted by Gasteiger charge is -2.21. The van der Waals surface area contributed by atoms with Gasteiger partial charge in [0.2, 0.25) is 0 Å². The molecule has 0 radical (unpaired) electrons. The molecule has 0 aliphatic heterocycles. The average Bonchev–Trinajstić information content (AvgIpc) is 2.48. The van der Waals surface area contributed by atoms with E-state index in [1.165, 1.54) is 0 Å². The van der Waals surface area contributed by atoms with Crippen molar-refractivity contribution in [3.63, 3.8) is 0 Å². The van der Waals surface area contributed by atoms with Crippen LogP contribution in [0.25, 0.3) is 6.08 Å². The third-order valence-corrected chi connectivity index (χ3v) is 3.16. The second kappa shape index (κ2) is 7.29. The van der Waals surface area contributed by atoms with E-state index in [0.29, 0.717) is 6.54 Å². The molecule has 0 amide bonds. The molecule has 0 atom stereocenters. The van der Waals surface area contributed by atoms with Crippen molar-refractivity contribution < 1.29 is 9.90 Å². The van der Waals surface area contributed by atoms with E-state index in [-0.39, 0.29) is 6.54 Å². The van der Waals surface area contributed by atoms with E-state index in [4.69, 9.17) is 5.11 Å². The predicted octanol–water partition coefficient (Wildman–Crippen LogP) is 3.60. The Labute approximate surface area is 125 Å². The smallest absolute Gasteiger partial charge is 0.323 e. The van der Waals surface area contributed by atoms with Gasteiger partial charge in [-0.3, -0.25) is 4.79 Å². The lowest BCUT2D eigenvalue weighted by molar-refractivity contribution is -0.135. The van der Waals surface area contributed by atoms with E-state index in [1.807, 2.05) is 78.6 Å². The third-order valence-electron chi connectivity index (χ3n) is 3.16. The van der Waals surface area contributed by atoms with Gasteiger partial charge in [-0.2, -0.15) is 0 Å². The summed E-state index contributed by atoms with van der Waals surface area (Å²) in [4.78, 5) is 12.9. The summed E-state index contributed by atoms with van der Waals surface area (Å²) in [5, 5.41) is 9.05. The maximum absolute atomic E-state index is 11.0. The number of rotatable bonds is 6. The highest BCUT2D eigenvalue weighted by Gasteiger charge is 2.08. The number of hydrogen-bond donors (Lipinski definition) is 1. The monoisotopic (exact) mass is 281 g/mol. The molecule has 0 aliphatic carbocycles. The fourth-order valence-electron chi connectivity index (χ4n) is 2.06. The molecule has 108 valence electrons. The highest BCUT2D eigenvalue weighted by Crippen LogP contribution is 2.15. The molecule has 21 heavy (non-hydrogen) atoms. The molecule has 3 nitrogen and oxygen atoms in total.